The van der Waals surface area contributed by atoms with E-state index in [1.54, 1.807) is 11.3 Å². The maximum absolute atomic E-state index is 9.37. The monoisotopic (exact) mass is 278 g/mol. The SMILES string of the molecule is CCOc1ccc(NC(C)c2cscn2)cc1CO. The molecule has 102 valence electrons. The quantitative estimate of drug-likeness (QED) is 0.852. The average molecular weight is 278 g/mol. The molecule has 1 atom stereocenters. The summed E-state index contributed by atoms with van der Waals surface area (Å²) in [5.41, 5.74) is 4.58. The minimum absolute atomic E-state index is 0.0318. The first-order valence-corrected chi connectivity index (χ1v) is 7.20. The van der Waals surface area contributed by atoms with E-state index in [0.717, 1.165) is 22.7 Å². The number of nitrogens with one attached hydrogen (secondary N) is 1. The lowest BCUT2D eigenvalue weighted by Gasteiger charge is -2.15. The van der Waals surface area contributed by atoms with Gasteiger partial charge in [-0.05, 0) is 32.0 Å². The van der Waals surface area contributed by atoms with Crippen molar-refractivity contribution in [2.75, 3.05) is 11.9 Å². The number of thiazole rings is 1. The average Bonchev–Trinajstić information content (AvgIpc) is 2.94. The molecule has 0 saturated heterocycles. The van der Waals surface area contributed by atoms with Gasteiger partial charge in [0.15, 0.2) is 0 Å². The van der Waals surface area contributed by atoms with Crippen LogP contribution < -0.4 is 10.1 Å². The maximum atomic E-state index is 9.37. The number of aliphatic hydroxyl groups is 1. The second-order valence-electron chi connectivity index (χ2n) is 4.19. The largest absolute Gasteiger partial charge is 0.494 e. The van der Waals surface area contributed by atoms with E-state index in [-0.39, 0.29) is 12.6 Å². The highest BCUT2D eigenvalue weighted by Gasteiger charge is 2.09. The molecule has 1 unspecified atom stereocenters. The number of anilines is 1. The van der Waals surface area contributed by atoms with Crippen molar-refractivity contribution in [1.82, 2.24) is 4.98 Å². The first-order chi connectivity index (χ1) is 9.24. The van der Waals surface area contributed by atoms with Crippen LogP contribution in [0.1, 0.15) is 31.1 Å². The summed E-state index contributed by atoms with van der Waals surface area (Å²) >= 11 is 1.58. The molecule has 19 heavy (non-hydrogen) atoms. The molecule has 0 aliphatic heterocycles. The summed E-state index contributed by atoms with van der Waals surface area (Å²) in [6.07, 6.45) is 0. The van der Waals surface area contributed by atoms with Crippen LogP contribution in [0.15, 0.2) is 29.1 Å². The van der Waals surface area contributed by atoms with Gasteiger partial charge in [-0.3, -0.25) is 0 Å². The molecule has 1 aromatic heterocycles. The lowest BCUT2D eigenvalue weighted by Crippen LogP contribution is -2.07. The van der Waals surface area contributed by atoms with Gasteiger partial charge in [-0.1, -0.05) is 0 Å². The summed E-state index contributed by atoms with van der Waals surface area (Å²) in [5.74, 6) is 0.733. The molecule has 0 saturated carbocycles. The zero-order valence-corrected chi connectivity index (χ0v) is 11.9. The van der Waals surface area contributed by atoms with Gasteiger partial charge >= 0.3 is 0 Å². The Morgan fingerprint density at radius 1 is 1.47 bits per heavy atom. The van der Waals surface area contributed by atoms with Crippen molar-refractivity contribution in [3.63, 3.8) is 0 Å². The number of aromatic nitrogens is 1. The van der Waals surface area contributed by atoms with Crippen LogP contribution in [-0.2, 0) is 6.61 Å². The first-order valence-electron chi connectivity index (χ1n) is 6.25. The van der Waals surface area contributed by atoms with Gasteiger partial charge in [-0.25, -0.2) is 4.98 Å². The van der Waals surface area contributed by atoms with Gasteiger partial charge in [0.2, 0.25) is 0 Å². The second kappa shape index (κ2) is 6.54. The van der Waals surface area contributed by atoms with Crippen LogP contribution in [-0.4, -0.2) is 16.7 Å². The number of rotatable bonds is 6. The van der Waals surface area contributed by atoms with Crippen LogP contribution >= 0.6 is 11.3 Å². The summed E-state index contributed by atoms with van der Waals surface area (Å²) in [7, 11) is 0. The molecule has 2 rings (SSSR count). The third kappa shape index (κ3) is 3.45. The van der Waals surface area contributed by atoms with Gasteiger partial charge in [0.1, 0.15) is 5.75 Å². The molecular weight excluding hydrogens is 260 g/mol. The summed E-state index contributed by atoms with van der Waals surface area (Å²) in [4.78, 5) is 4.28. The van der Waals surface area contributed by atoms with Gasteiger partial charge in [0.05, 0.1) is 30.5 Å². The van der Waals surface area contributed by atoms with Gasteiger partial charge in [0, 0.05) is 16.6 Å². The van der Waals surface area contributed by atoms with Crippen molar-refractivity contribution >= 4 is 17.0 Å². The first kappa shape index (κ1) is 13.8. The van der Waals surface area contributed by atoms with Crippen LogP contribution in [0.25, 0.3) is 0 Å². The predicted octanol–water partition coefficient (Wildman–Crippen LogP) is 3.21. The topological polar surface area (TPSA) is 54.4 Å². The fourth-order valence-electron chi connectivity index (χ4n) is 1.85. The highest BCUT2D eigenvalue weighted by atomic mass is 32.1. The summed E-state index contributed by atoms with van der Waals surface area (Å²) in [5, 5.41) is 14.8. The molecule has 0 amide bonds. The minimum atomic E-state index is -0.0318. The molecule has 0 aliphatic rings. The molecule has 0 aliphatic carbocycles. The molecule has 4 nitrogen and oxygen atoms in total. The fraction of sp³-hybridized carbons (Fsp3) is 0.357. The van der Waals surface area contributed by atoms with Crippen LogP contribution in [0.5, 0.6) is 5.75 Å². The highest BCUT2D eigenvalue weighted by Crippen LogP contribution is 2.25. The summed E-state index contributed by atoms with van der Waals surface area (Å²) in [6, 6.07) is 5.88. The van der Waals surface area contributed by atoms with Gasteiger partial charge < -0.3 is 15.2 Å². The normalized spacial score (nSPS) is 12.2. The van der Waals surface area contributed by atoms with Crippen LogP contribution in [0.3, 0.4) is 0 Å². The van der Waals surface area contributed by atoms with Crippen LogP contribution in [0.4, 0.5) is 5.69 Å². The van der Waals surface area contributed by atoms with E-state index in [9.17, 15) is 5.11 Å². The van der Waals surface area contributed by atoms with Crippen molar-refractivity contribution in [2.24, 2.45) is 0 Å². The van der Waals surface area contributed by atoms with Crippen molar-refractivity contribution in [1.29, 1.82) is 0 Å². The Kier molecular flexibility index (Phi) is 4.76. The third-order valence-electron chi connectivity index (χ3n) is 2.81. The predicted molar refractivity (Wildman–Crippen MR) is 77.7 cm³/mol. The maximum Gasteiger partial charge on any atom is 0.124 e. The zero-order chi connectivity index (χ0) is 13.7. The van der Waals surface area contributed by atoms with Crippen molar-refractivity contribution in [3.8, 4) is 5.75 Å². The van der Waals surface area contributed by atoms with E-state index >= 15 is 0 Å². The van der Waals surface area contributed by atoms with E-state index in [1.807, 2.05) is 36.0 Å². The molecule has 1 heterocycles. The number of aliphatic hydroxyl groups excluding tert-OH is 1. The second-order valence-corrected chi connectivity index (χ2v) is 4.91. The number of benzene rings is 1. The number of nitrogens with zero attached hydrogens (tertiary/aromatic N) is 1. The Morgan fingerprint density at radius 3 is 2.95 bits per heavy atom. The highest BCUT2D eigenvalue weighted by molar-refractivity contribution is 7.07. The Bertz CT molecular complexity index is 514. The smallest absolute Gasteiger partial charge is 0.124 e. The zero-order valence-electron chi connectivity index (χ0n) is 11.1. The molecule has 5 heteroatoms. The van der Waals surface area contributed by atoms with Gasteiger partial charge in [-0.15, -0.1) is 11.3 Å². The van der Waals surface area contributed by atoms with Crippen molar-refractivity contribution < 1.29 is 9.84 Å². The fourth-order valence-corrected chi connectivity index (χ4v) is 2.50. The Hall–Kier alpha value is -1.59. The lowest BCUT2D eigenvalue weighted by molar-refractivity contribution is 0.267. The van der Waals surface area contributed by atoms with Crippen molar-refractivity contribution in [2.45, 2.75) is 26.5 Å². The molecule has 0 spiro atoms. The van der Waals surface area contributed by atoms with Crippen LogP contribution in [0.2, 0.25) is 0 Å². The summed E-state index contributed by atoms with van der Waals surface area (Å²) < 4.78 is 5.46. The van der Waals surface area contributed by atoms with E-state index in [4.69, 9.17) is 4.74 Å². The summed E-state index contributed by atoms with van der Waals surface area (Å²) in [6.45, 7) is 4.55. The molecule has 1 aromatic carbocycles. The van der Waals surface area contributed by atoms with Crippen LogP contribution in [0, 0.1) is 0 Å². The molecular formula is C14H18N2O2S. The van der Waals surface area contributed by atoms with Crippen molar-refractivity contribution in [3.05, 3.63) is 40.3 Å². The van der Waals surface area contributed by atoms with E-state index in [0.29, 0.717) is 6.61 Å². The number of ether oxygens (including phenoxy) is 1. The molecule has 0 fully saturated rings. The Labute approximate surface area is 117 Å². The Morgan fingerprint density at radius 2 is 2.32 bits per heavy atom. The molecule has 0 bridgehead atoms. The number of hydrogen-bond acceptors (Lipinski definition) is 5. The molecule has 2 aromatic rings. The van der Waals surface area contributed by atoms with E-state index in [2.05, 4.69) is 17.2 Å². The van der Waals surface area contributed by atoms with Gasteiger partial charge in [0.25, 0.3) is 0 Å². The van der Waals surface area contributed by atoms with Gasteiger partial charge in [-0.2, -0.15) is 0 Å². The molecule has 2 N–H and O–H groups in total. The number of hydrogen-bond donors (Lipinski definition) is 2. The lowest BCUT2D eigenvalue weighted by atomic mass is 10.1. The Balaban J connectivity index is 2.12. The minimum Gasteiger partial charge on any atom is -0.494 e. The molecule has 0 radical (unpaired) electrons. The van der Waals surface area contributed by atoms with E-state index in [1.165, 1.54) is 0 Å². The standard InChI is InChI=1S/C14H18N2O2S/c1-3-18-14-5-4-12(6-11(14)7-17)16-10(2)13-8-19-9-15-13/h4-6,8-10,16-17H,3,7H2,1-2H3. The third-order valence-corrected chi connectivity index (χ3v) is 3.41. The van der Waals surface area contributed by atoms with E-state index < -0.39 is 0 Å².